The predicted molar refractivity (Wildman–Crippen MR) is 113 cm³/mol. The second-order valence-corrected chi connectivity index (χ2v) is 8.19. The lowest BCUT2D eigenvalue weighted by molar-refractivity contribution is -0.116. The quantitative estimate of drug-likeness (QED) is 0.465. The summed E-state index contributed by atoms with van der Waals surface area (Å²) >= 11 is 1.46. The van der Waals surface area contributed by atoms with Crippen LogP contribution in [0.4, 0.5) is 5.13 Å². The number of thiazole rings is 1. The number of nitrogens with one attached hydrogen (secondary N) is 1. The third-order valence-electron chi connectivity index (χ3n) is 4.95. The number of hydrogen-bond acceptors (Lipinski definition) is 5. The van der Waals surface area contributed by atoms with Crippen molar-refractivity contribution in [3.8, 4) is 0 Å². The maximum absolute atomic E-state index is 12.3. The fourth-order valence-electron chi connectivity index (χ4n) is 3.45. The molecule has 0 unspecified atom stereocenters. The van der Waals surface area contributed by atoms with Crippen LogP contribution in [0.25, 0.3) is 10.2 Å². The number of carbonyl (C=O) groups excluding carboxylic acids is 3. The number of carbonyl (C=O) groups is 3. The summed E-state index contributed by atoms with van der Waals surface area (Å²) in [5.41, 5.74) is 2.98. The Kier molecular flexibility index (Phi) is 5.40. The van der Waals surface area contributed by atoms with Gasteiger partial charge >= 0.3 is 0 Å². The zero-order valence-corrected chi connectivity index (χ0v) is 16.9. The van der Waals surface area contributed by atoms with Crippen LogP contribution in [-0.2, 0) is 4.79 Å². The van der Waals surface area contributed by atoms with E-state index in [9.17, 15) is 14.4 Å². The zero-order valence-electron chi connectivity index (χ0n) is 16.1. The molecule has 3 aromatic rings. The Morgan fingerprint density at radius 2 is 1.76 bits per heavy atom. The minimum atomic E-state index is -0.227. The molecule has 1 aliphatic heterocycles. The SMILES string of the molecule is Cc1ccc2sc(NC(=O)CCCCCN3C(=O)c4ccccc4C3=O)nc2c1. The second-order valence-electron chi connectivity index (χ2n) is 7.16. The Morgan fingerprint density at radius 1 is 1.03 bits per heavy atom. The van der Waals surface area contributed by atoms with Crippen molar-refractivity contribution in [3.63, 3.8) is 0 Å². The summed E-state index contributed by atoms with van der Waals surface area (Å²) < 4.78 is 1.05. The van der Waals surface area contributed by atoms with Crippen molar-refractivity contribution in [1.82, 2.24) is 9.88 Å². The van der Waals surface area contributed by atoms with Crippen LogP contribution in [0.1, 0.15) is 52.0 Å². The molecule has 0 saturated carbocycles. The van der Waals surface area contributed by atoms with Crippen LogP contribution < -0.4 is 5.32 Å². The Hall–Kier alpha value is -3.06. The maximum atomic E-state index is 12.3. The Morgan fingerprint density at radius 3 is 2.48 bits per heavy atom. The number of hydrogen-bond donors (Lipinski definition) is 1. The maximum Gasteiger partial charge on any atom is 0.261 e. The fraction of sp³-hybridized carbons (Fsp3) is 0.273. The molecule has 1 aromatic heterocycles. The Balaban J connectivity index is 1.21. The van der Waals surface area contributed by atoms with Crippen LogP contribution in [0, 0.1) is 6.92 Å². The van der Waals surface area contributed by atoms with Crippen molar-refractivity contribution in [2.45, 2.75) is 32.6 Å². The third kappa shape index (κ3) is 4.05. The zero-order chi connectivity index (χ0) is 20.4. The predicted octanol–water partition coefficient (Wildman–Crippen LogP) is 4.40. The summed E-state index contributed by atoms with van der Waals surface area (Å²) in [5, 5.41) is 3.47. The van der Waals surface area contributed by atoms with Gasteiger partial charge in [0.2, 0.25) is 5.91 Å². The highest BCUT2D eigenvalue weighted by molar-refractivity contribution is 7.22. The lowest BCUT2D eigenvalue weighted by Crippen LogP contribution is -2.30. The first-order valence-electron chi connectivity index (χ1n) is 9.65. The van der Waals surface area contributed by atoms with Gasteiger partial charge in [0.1, 0.15) is 0 Å². The van der Waals surface area contributed by atoms with Crippen molar-refractivity contribution in [3.05, 3.63) is 59.2 Å². The second kappa shape index (κ2) is 8.13. The van der Waals surface area contributed by atoms with E-state index in [0.29, 0.717) is 42.1 Å². The number of nitrogens with zero attached hydrogens (tertiary/aromatic N) is 2. The third-order valence-corrected chi connectivity index (χ3v) is 5.90. The van der Waals surface area contributed by atoms with E-state index in [-0.39, 0.29) is 17.7 Å². The first-order chi connectivity index (χ1) is 14.0. The van der Waals surface area contributed by atoms with Gasteiger partial charge in [-0.2, -0.15) is 0 Å². The molecule has 29 heavy (non-hydrogen) atoms. The van der Waals surface area contributed by atoms with Crippen LogP contribution in [0.3, 0.4) is 0 Å². The van der Waals surface area contributed by atoms with Crippen molar-refractivity contribution in [2.24, 2.45) is 0 Å². The van der Waals surface area contributed by atoms with Gasteiger partial charge in [0.05, 0.1) is 21.3 Å². The van der Waals surface area contributed by atoms with E-state index in [4.69, 9.17) is 0 Å². The Bertz CT molecular complexity index is 1070. The number of unbranched alkanes of at least 4 members (excludes halogenated alkanes) is 2. The van der Waals surface area contributed by atoms with E-state index in [1.165, 1.54) is 16.2 Å². The van der Waals surface area contributed by atoms with Crippen LogP contribution in [0.2, 0.25) is 0 Å². The van der Waals surface area contributed by atoms with E-state index in [1.807, 2.05) is 25.1 Å². The molecular formula is C22H21N3O3S. The molecule has 148 valence electrons. The minimum Gasteiger partial charge on any atom is -0.302 e. The molecule has 1 N–H and O–H groups in total. The summed E-state index contributed by atoms with van der Waals surface area (Å²) in [7, 11) is 0. The number of amides is 3. The number of anilines is 1. The van der Waals surface area contributed by atoms with Crippen LogP contribution >= 0.6 is 11.3 Å². The molecule has 0 atom stereocenters. The molecule has 6 nitrogen and oxygen atoms in total. The van der Waals surface area contributed by atoms with Gasteiger partial charge in [-0.15, -0.1) is 0 Å². The topological polar surface area (TPSA) is 79.4 Å². The Labute approximate surface area is 172 Å². The van der Waals surface area contributed by atoms with Crippen molar-refractivity contribution >= 4 is 44.4 Å². The molecule has 1 aliphatic rings. The van der Waals surface area contributed by atoms with Crippen molar-refractivity contribution in [2.75, 3.05) is 11.9 Å². The van der Waals surface area contributed by atoms with Gasteiger partial charge in [0, 0.05) is 13.0 Å². The number of benzene rings is 2. The molecule has 0 radical (unpaired) electrons. The van der Waals surface area contributed by atoms with Gasteiger partial charge in [0.25, 0.3) is 11.8 Å². The van der Waals surface area contributed by atoms with E-state index in [1.54, 1.807) is 24.3 Å². The molecule has 7 heteroatoms. The first kappa shape index (κ1) is 19.3. The van der Waals surface area contributed by atoms with Crippen LogP contribution in [-0.4, -0.2) is 34.2 Å². The van der Waals surface area contributed by atoms with Gasteiger partial charge in [-0.05, 0) is 49.6 Å². The number of aryl methyl sites for hydroxylation is 1. The highest BCUT2D eigenvalue weighted by atomic mass is 32.1. The number of fused-ring (bicyclic) bond motifs is 2. The largest absolute Gasteiger partial charge is 0.302 e. The summed E-state index contributed by atoms with van der Waals surface area (Å²) in [6.45, 7) is 2.39. The van der Waals surface area contributed by atoms with Crippen molar-refractivity contribution < 1.29 is 14.4 Å². The molecule has 0 fully saturated rings. The molecule has 2 heterocycles. The van der Waals surface area contributed by atoms with Gasteiger partial charge < -0.3 is 5.32 Å². The molecule has 0 bridgehead atoms. The molecule has 4 rings (SSSR count). The van der Waals surface area contributed by atoms with E-state index in [2.05, 4.69) is 10.3 Å². The molecule has 3 amide bonds. The molecular weight excluding hydrogens is 386 g/mol. The lowest BCUT2D eigenvalue weighted by Gasteiger charge is -2.13. The van der Waals surface area contributed by atoms with E-state index in [0.717, 1.165) is 22.2 Å². The summed E-state index contributed by atoms with van der Waals surface area (Å²) in [6, 6.07) is 12.9. The number of imide groups is 1. The first-order valence-corrected chi connectivity index (χ1v) is 10.5. The normalized spacial score (nSPS) is 13.2. The lowest BCUT2D eigenvalue weighted by atomic mass is 10.1. The minimum absolute atomic E-state index is 0.0680. The molecule has 0 aliphatic carbocycles. The molecule has 2 aromatic carbocycles. The van der Waals surface area contributed by atoms with Gasteiger partial charge in [-0.3, -0.25) is 19.3 Å². The average molecular weight is 407 g/mol. The van der Waals surface area contributed by atoms with Crippen molar-refractivity contribution in [1.29, 1.82) is 0 Å². The highest BCUT2D eigenvalue weighted by Crippen LogP contribution is 2.27. The summed E-state index contributed by atoms with van der Waals surface area (Å²) in [6.07, 6.45) is 2.52. The number of aromatic nitrogens is 1. The smallest absolute Gasteiger partial charge is 0.261 e. The average Bonchev–Trinajstić information content (AvgIpc) is 3.20. The standard InChI is InChI=1S/C22H21N3O3S/c1-14-10-11-18-17(13-14)23-22(29-18)24-19(26)9-3-2-6-12-25-20(27)15-7-4-5-8-16(15)21(25)28/h4-5,7-8,10-11,13H,2-3,6,9,12H2,1H3,(H,23,24,26). The summed E-state index contributed by atoms with van der Waals surface area (Å²) in [4.78, 5) is 42.5. The van der Waals surface area contributed by atoms with Crippen LogP contribution in [0.5, 0.6) is 0 Å². The highest BCUT2D eigenvalue weighted by Gasteiger charge is 2.34. The molecule has 0 saturated heterocycles. The monoisotopic (exact) mass is 407 g/mol. The van der Waals surface area contributed by atoms with E-state index < -0.39 is 0 Å². The van der Waals surface area contributed by atoms with Gasteiger partial charge in [-0.1, -0.05) is 36.0 Å². The van der Waals surface area contributed by atoms with Gasteiger partial charge in [0.15, 0.2) is 5.13 Å². The van der Waals surface area contributed by atoms with Gasteiger partial charge in [-0.25, -0.2) is 4.98 Å². The molecule has 0 spiro atoms. The van der Waals surface area contributed by atoms with E-state index >= 15 is 0 Å². The fourth-order valence-corrected chi connectivity index (χ4v) is 4.31. The summed E-state index contributed by atoms with van der Waals surface area (Å²) in [5.74, 6) is -0.523. The number of rotatable bonds is 7. The van der Waals surface area contributed by atoms with Crippen LogP contribution in [0.15, 0.2) is 42.5 Å².